The first-order valence-corrected chi connectivity index (χ1v) is 11.5. The van der Waals surface area contributed by atoms with Gasteiger partial charge < -0.3 is 0 Å². The Morgan fingerprint density at radius 2 is 1.27 bits per heavy atom. The lowest BCUT2D eigenvalue weighted by Crippen LogP contribution is -2.40. The third-order valence-electron chi connectivity index (χ3n) is 3.20. The smallest absolute Gasteiger partial charge is 0.120 e. The zero-order valence-electron chi connectivity index (χ0n) is 11.5. The molecule has 0 N–H and O–H groups in total. The molecular weight excluding hydrogens is 236 g/mol. The van der Waals surface area contributed by atoms with E-state index in [2.05, 4.69) is 69.5 Å². The fourth-order valence-corrected chi connectivity index (χ4v) is 18.4. The lowest BCUT2D eigenvalue weighted by atomic mass is 10.5. The average molecular weight is 265 g/mol. The van der Waals surface area contributed by atoms with Crippen LogP contribution >= 0.6 is 21.0 Å². The van der Waals surface area contributed by atoms with Crippen LogP contribution in [0.15, 0.2) is 0 Å². The second kappa shape index (κ2) is 7.28. The van der Waals surface area contributed by atoms with Gasteiger partial charge in [-0.15, -0.1) is 21.0 Å². The zero-order valence-corrected chi connectivity index (χ0v) is 14.1. The summed E-state index contributed by atoms with van der Waals surface area (Å²) in [6.45, 7) is 16.9. The second-order valence-corrected chi connectivity index (χ2v) is 16.0. The Morgan fingerprint density at radius 1 is 0.867 bits per heavy atom. The van der Waals surface area contributed by atoms with Crippen LogP contribution in [0.2, 0.25) is 16.6 Å². The van der Waals surface area contributed by atoms with E-state index in [4.69, 9.17) is 0 Å². The van der Waals surface area contributed by atoms with Gasteiger partial charge in [-0.1, -0.05) is 48.5 Å². The van der Waals surface area contributed by atoms with Crippen LogP contribution in [-0.2, 0) is 0 Å². The van der Waals surface area contributed by atoms with Gasteiger partial charge in [0.05, 0.1) is 0 Å². The van der Waals surface area contributed by atoms with Crippen molar-refractivity contribution in [1.29, 1.82) is 0 Å². The van der Waals surface area contributed by atoms with Crippen LogP contribution in [0.25, 0.3) is 0 Å². The van der Waals surface area contributed by atoms with Gasteiger partial charge in [0, 0.05) is 5.75 Å². The molecule has 92 valence electrons. The normalized spacial score (nSPS) is 13.2. The van der Waals surface area contributed by atoms with Gasteiger partial charge in [0.2, 0.25) is 0 Å². The molecule has 0 aromatic heterocycles. The van der Waals surface area contributed by atoms with E-state index in [0.717, 1.165) is 16.6 Å². The van der Waals surface area contributed by atoms with Crippen molar-refractivity contribution in [1.82, 2.24) is 0 Å². The zero-order chi connectivity index (χ0) is 12.1. The summed E-state index contributed by atoms with van der Waals surface area (Å²) in [5.74, 6) is 1.31. The summed E-state index contributed by atoms with van der Waals surface area (Å²) >= 11 is 0. The first kappa shape index (κ1) is 15.9. The predicted molar refractivity (Wildman–Crippen MR) is 81.4 cm³/mol. The van der Waals surface area contributed by atoms with Gasteiger partial charge in [0.25, 0.3) is 0 Å². The van der Waals surface area contributed by atoms with Crippen LogP contribution in [-0.4, -0.2) is 13.0 Å². The summed E-state index contributed by atoms with van der Waals surface area (Å²) in [4.78, 5) is 0. The highest BCUT2D eigenvalue weighted by Crippen LogP contribution is 2.53. The van der Waals surface area contributed by atoms with Gasteiger partial charge in [-0.05, 0) is 23.0 Å². The molecule has 0 atom stereocenters. The molecule has 0 aliphatic rings. The summed E-state index contributed by atoms with van der Waals surface area (Å²) in [6.07, 6.45) is 1.30. The highest BCUT2D eigenvalue weighted by molar-refractivity contribution is 8.87. The maximum Gasteiger partial charge on any atom is 0.138 e. The van der Waals surface area contributed by atoms with Crippen molar-refractivity contribution >= 4 is 28.3 Å². The molecule has 0 bridgehead atoms. The monoisotopic (exact) mass is 264 g/mol. The minimum absolute atomic E-state index is 0.881. The van der Waals surface area contributed by atoms with Gasteiger partial charge in [-0.2, -0.15) is 0 Å². The summed E-state index contributed by atoms with van der Waals surface area (Å²) in [6, 6.07) is 0. The molecule has 0 radical (unpaired) electrons. The van der Waals surface area contributed by atoms with E-state index in [-0.39, 0.29) is 0 Å². The lowest BCUT2D eigenvalue weighted by molar-refractivity contribution is 0.852. The van der Waals surface area contributed by atoms with E-state index < -0.39 is 7.22 Å². The Kier molecular flexibility index (Phi) is 7.73. The Morgan fingerprint density at radius 3 is 1.53 bits per heavy atom. The molecule has 0 aliphatic carbocycles. The molecule has 0 aromatic rings. The minimum Gasteiger partial charge on any atom is -0.120 e. The third kappa shape index (κ3) is 4.01. The van der Waals surface area contributed by atoms with Crippen molar-refractivity contribution in [2.24, 2.45) is 0 Å². The molecular formula is C12H28S2Si. The van der Waals surface area contributed by atoms with Crippen LogP contribution in [0.4, 0.5) is 0 Å². The van der Waals surface area contributed by atoms with E-state index in [1.54, 1.807) is 0 Å². The van der Waals surface area contributed by atoms with Crippen molar-refractivity contribution in [3.63, 3.8) is 0 Å². The SMILES string of the molecule is CCCSS[Si](C(C)C)(C(C)C)C(C)C. The van der Waals surface area contributed by atoms with Gasteiger partial charge in [0.15, 0.2) is 0 Å². The number of hydrogen-bond acceptors (Lipinski definition) is 2. The van der Waals surface area contributed by atoms with E-state index >= 15 is 0 Å². The van der Waals surface area contributed by atoms with E-state index in [0.29, 0.717) is 0 Å². The fourth-order valence-electron chi connectivity index (χ4n) is 2.52. The Bertz CT molecular complexity index is 145. The summed E-state index contributed by atoms with van der Waals surface area (Å²) in [5.41, 5.74) is 2.64. The van der Waals surface area contributed by atoms with E-state index in [9.17, 15) is 0 Å². The minimum atomic E-state index is -1.19. The van der Waals surface area contributed by atoms with Crippen LogP contribution in [0.5, 0.6) is 0 Å². The van der Waals surface area contributed by atoms with E-state index in [1.165, 1.54) is 12.2 Å². The summed E-state index contributed by atoms with van der Waals surface area (Å²) in [5, 5.41) is 0. The highest BCUT2D eigenvalue weighted by Gasteiger charge is 2.43. The first-order chi connectivity index (χ1) is 6.89. The Hall–Kier alpha value is 0.917. The molecule has 0 saturated heterocycles. The van der Waals surface area contributed by atoms with Crippen LogP contribution in [0.1, 0.15) is 54.9 Å². The van der Waals surface area contributed by atoms with E-state index in [1.807, 2.05) is 0 Å². The maximum atomic E-state index is 2.44. The largest absolute Gasteiger partial charge is 0.138 e. The Balaban J connectivity index is 4.65. The molecule has 0 aromatic carbocycles. The molecule has 0 amide bonds. The van der Waals surface area contributed by atoms with Crippen molar-refractivity contribution in [3.05, 3.63) is 0 Å². The van der Waals surface area contributed by atoms with Crippen molar-refractivity contribution in [2.45, 2.75) is 71.5 Å². The molecule has 0 nitrogen and oxygen atoms in total. The summed E-state index contributed by atoms with van der Waals surface area (Å²) < 4.78 is 0. The van der Waals surface area contributed by atoms with Crippen molar-refractivity contribution < 1.29 is 0 Å². The maximum absolute atomic E-state index is 2.44. The second-order valence-electron chi connectivity index (χ2n) is 5.22. The molecule has 0 aliphatic heterocycles. The molecule has 0 unspecified atom stereocenters. The summed E-state index contributed by atoms with van der Waals surface area (Å²) in [7, 11) is 3.21. The topological polar surface area (TPSA) is 0 Å². The molecule has 15 heavy (non-hydrogen) atoms. The molecule has 0 fully saturated rings. The lowest BCUT2D eigenvalue weighted by Gasteiger charge is -2.41. The van der Waals surface area contributed by atoms with Crippen LogP contribution in [0.3, 0.4) is 0 Å². The molecule has 0 saturated carbocycles. The van der Waals surface area contributed by atoms with Gasteiger partial charge in [0.1, 0.15) is 7.22 Å². The van der Waals surface area contributed by atoms with Gasteiger partial charge in [-0.3, -0.25) is 0 Å². The predicted octanol–water partition coefficient (Wildman–Crippen LogP) is 5.95. The molecule has 3 heteroatoms. The van der Waals surface area contributed by atoms with Gasteiger partial charge >= 0.3 is 0 Å². The number of rotatable bonds is 7. The van der Waals surface area contributed by atoms with Crippen molar-refractivity contribution in [3.8, 4) is 0 Å². The first-order valence-electron chi connectivity index (χ1n) is 6.20. The Labute approximate surface area is 105 Å². The quantitative estimate of drug-likeness (QED) is 0.316. The third-order valence-corrected chi connectivity index (χ3v) is 19.2. The molecule has 0 rings (SSSR count). The van der Waals surface area contributed by atoms with Gasteiger partial charge in [-0.25, -0.2) is 0 Å². The molecule has 0 heterocycles. The van der Waals surface area contributed by atoms with Crippen LogP contribution in [0, 0.1) is 0 Å². The number of hydrogen-bond donors (Lipinski definition) is 0. The standard InChI is InChI=1S/C12H28S2Si/c1-8-9-13-14-15(10(2)3,11(4)5)12(6)7/h10-12H,8-9H2,1-7H3. The van der Waals surface area contributed by atoms with Crippen LogP contribution < -0.4 is 0 Å². The highest BCUT2D eigenvalue weighted by atomic mass is 33.2. The average Bonchev–Trinajstić information content (AvgIpc) is 2.10. The molecule has 0 spiro atoms. The fraction of sp³-hybridized carbons (Fsp3) is 1.00. The van der Waals surface area contributed by atoms with Crippen molar-refractivity contribution in [2.75, 3.05) is 5.75 Å².